The number of amides is 1. The van der Waals surface area contributed by atoms with Gasteiger partial charge in [-0.2, -0.15) is 10.1 Å². The van der Waals surface area contributed by atoms with Gasteiger partial charge in [-0.25, -0.2) is 0 Å². The molecular formula is C17H23N5O3. The van der Waals surface area contributed by atoms with Gasteiger partial charge in [-0.15, -0.1) is 0 Å². The number of aryl methyl sites for hydroxylation is 2. The molecule has 3 heterocycles. The maximum Gasteiger partial charge on any atom is 0.274 e. The lowest BCUT2D eigenvalue weighted by Gasteiger charge is -2.35. The van der Waals surface area contributed by atoms with Crippen molar-refractivity contribution in [3.8, 4) is 0 Å². The van der Waals surface area contributed by atoms with Gasteiger partial charge in [-0.3, -0.25) is 9.89 Å². The molecule has 2 aromatic heterocycles. The summed E-state index contributed by atoms with van der Waals surface area (Å²) in [5, 5.41) is 11.2. The highest BCUT2D eigenvalue weighted by atomic mass is 16.5. The van der Waals surface area contributed by atoms with Crippen molar-refractivity contribution >= 4 is 5.91 Å². The van der Waals surface area contributed by atoms with E-state index in [1.807, 2.05) is 6.92 Å². The third kappa shape index (κ3) is 3.18. The quantitative estimate of drug-likeness (QED) is 0.836. The second-order valence-corrected chi connectivity index (χ2v) is 6.92. The zero-order chi connectivity index (χ0) is 17.4. The number of carbonyl (C=O) groups is 1. The molecule has 1 fully saturated rings. The summed E-state index contributed by atoms with van der Waals surface area (Å²) in [6.07, 6.45) is 4.84. The average molecular weight is 345 g/mol. The van der Waals surface area contributed by atoms with Crippen LogP contribution in [-0.4, -0.2) is 50.3 Å². The van der Waals surface area contributed by atoms with Crippen LogP contribution in [-0.2, 0) is 17.6 Å². The summed E-state index contributed by atoms with van der Waals surface area (Å²) in [6.45, 7) is 4.64. The molecule has 8 nitrogen and oxygen atoms in total. The number of rotatable bonds is 2. The van der Waals surface area contributed by atoms with Crippen molar-refractivity contribution in [2.75, 3.05) is 13.1 Å². The van der Waals surface area contributed by atoms with E-state index in [2.05, 4.69) is 20.3 Å². The van der Waals surface area contributed by atoms with Crippen molar-refractivity contribution in [1.82, 2.24) is 25.2 Å². The lowest BCUT2D eigenvalue weighted by atomic mass is 10.1. The third-order valence-electron chi connectivity index (χ3n) is 4.88. The molecule has 1 saturated heterocycles. The molecule has 0 radical (unpaired) electrons. The number of hydrogen-bond donors (Lipinski definition) is 1. The van der Waals surface area contributed by atoms with Gasteiger partial charge >= 0.3 is 0 Å². The number of morpholine rings is 1. The molecule has 1 N–H and O–H groups in total. The minimum Gasteiger partial charge on any atom is -0.362 e. The Morgan fingerprint density at radius 1 is 1.24 bits per heavy atom. The largest absolute Gasteiger partial charge is 0.362 e. The number of nitrogens with zero attached hydrogens (tertiary/aromatic N) is 4. The van der Waals surface area contributed by atoms with Crippen LogP contribution in [0.25, 0.3) is 0 Å². The van der Waals surface area contributed by atoms with Gasteiger partial charge in [0.25, 0.3) is 11.8 Å². The van der Waals surface area contributed by atoms with Crippen LogP contribution in [0.2, 0.25) is 0 Å². The molecule has 1 aliphatic carbocycles. The Morgan fingerprint density at radius 3 is 2.88 bits per heavy atom. The third-order valence-corrected chi connectivity index (χ3v) is 4.88. The van der Waals surface area contributed by atoms with Crippen molar-refractivity contribution in [3.05, 3.63) is 28.7 Å². The second kappa shape index (κ2) is 6.59. The van der Waals surface area contributed by atoms with E-state index in [-0.39, 0.29) is 12.0 Å². The fourth-order valence-electron chi connectivity index (χ4n) is 3.68. The SMILES string of the molecule is Cc1noc([C@H]2CN(C(=O)c3n[nH]c4c3CCCCC4)C[C@@H](C)O2)n1. The molecule has 0 bridgehead atoms. The van der Waals surface area contributed by atoms with Crippen molar-refractivity contribution < 1.29 is 14.1 Å². The minimum atomic E-state index is -0.397. The Morgan fingerprint density at radius 2 is 2.08 bits per heavy atom. The maximum absolute atomic E-state index is 13.1. The first-order valence-electron chi connectivity index (χ1n) is 8.93. The van der Waals surface area contributed by atoms with E-state index in [0.717, 1.165) is 36.9 Å². The molecular weight excluding hydrogens is 322 g/mol. The summed E-state index contributed by atoms with van der Waals surface area (Å²) in [5.41, 5.74) is 2.77. The standard InChI is InChI=1S/C17H23N5O3/c1-10-8-22(9-14(24-10)16-18-11(2)21-25-16)17(23)15-12-6-4-3-5-7-13(12)19-20-15/h10,14H,3-9H2,1-2H3,(H,19,20)/t10-,14-/m1/s1. The van der Waals surface area contributed by atoms with Crippen LogP contribution in [0.4, 0.5) is 0 Å². The van der Waals surface area contributed by atoms with Crippen molar-refractivity contribution in [2.45, 2.75) is 58.2 Å². The highest BCUT2D eigenvalue weighted by molar-refractivity contribution is 5.94. The van der Waals surface area contributed by atoms with Crippen LogP contribution >= 0.6 is 0 Å². The molecule has 0 unspecified atom stereocenters. The van der Waals surface area contributed by atoms with Crippen LogP contribution in [0.5, 0.6) is 0 Å². The Hall–Kier alpha value is -2.22. The zero-order valence-corrected chi connectivity index (χ0v) is 14.6. The lowest BCUT2D eigenvalue weighted by Crippen LogP contribution is -2.46. The van der Waals surface area contributed by atoms with E-state index in [9.17, 15) is 4.79 Å². The molecule has 2 atom stereocenters. The number of hydrogen-bond acceptors (Lipinski definition) is 6. The van der Waals surface area contributed by atoms with Crippen LogP contribution in [0, 0.1) is 6.92 Å². The number of aromatic nitrogens is 4. The molecule has 2 aliphatic rings. The van der Waals surface area contributed by atoms with E-state index in [1.165, 1.54) is 6.42 Å². The van der Waals surface area contributed by atoms with Gasteiger partial charge in [0, 0.05) is 17.8 Å². The van der Waals surface area contributed by atoms with Gasteiger partial charge in [0.05, 0.1) is 12.6 Å². The molecule has 1 amide bonds. The summed E-state index contributed by atoms with van der Waals surface area (Å²) < 4.78 is 11.1. The van der Waals surface area contributed by atoms with Gasteiger partial charge < -0.3 is 14.2 Å². The predicted octanol–water partition coefficient (Wildman–Crippen LogP) is 1.97. The topological polar surface area (TPSA) is 97.1 Å². The highest BCUT2D eigenvalue weighted by Gasteiger charge is 2.35. The van der Waals surface area contributed by atoms with Gasteiger partial charge in [-0.05, 0) is 39.5 Å². The molecule has 0 aromatic carbocycles. The van der Waals surface area contributed by atoms with Gasteiger partial charge in [0.1, 0.15) is 0 Å². The van der Waals surface area contributed by atoms with E-state index in [0.29, 0.717) is 30.5 Å². The predicted molar refractivity (Wildman–Crippen MR) is 88.1 cm³/mol. The number of aromatic amines is 1. The number of nitrogens with one attached hydrogen (secondary N) is 1. The number of carbonyl (C=O) groups excluding carboxylic acids is 1. The smallest absolute Gasteiger partial charge is 0.274 e. The minimum absolute atomic E-state index is 0.0456. The molecule has 2 aromatic rings. The fraction of sp³-hybridized carbons (Fsp3) is 0.647. The second-order valence-electron chi connectivity index (χ2n) is 6.92. The Bertz CT molecular complexity index is 768. The lowest BCUT2D eigenvalue weighted by molar-refractivity contribution is -0.0811. The Labute approximate surface area is 145 Å². The van der Waals surface area contributed by atoms with E-state index < -0.39 is 6.10 Å². The molecule has 0 spiro atoms. The molecule has 4 rings (SSSR count). The van der Waals surface area contributed by atoms with E-state index >= 15 is 0 Å². The summed E-state index contributed by atoms with van der Waals surface area (Å²) in [7, 11) is 0. The number of fused-ring (bicyclic) bond motifs is 1. The first-order valence-corrected chi connectivity index (χ1v) is 8.93. The van der Waals surface area contributed by atoms with Crippen LogP contribution < -0.4 is 0 Å². The van der Waals surface area contributed by atoms with E-state index in [1.54, 1.807) is 11.8 Å². The molecule has 25 heavy (non-hydrogen) atoms. The zero-order valence-electron chi connectivity index (χ0n) is 14.6. The molecule has 0 saturated carbocycles. The Kier molecular flexibility index (Phi) is 4.29. The fourth-order valence-corrected chi connectivity index (χ4v) is 3.68. The molecule has 134 valence electrons. The monoisotopic (exact) mass is 345 g/mol. The van der Waals surface area contributed by atoms with Crippen LogP contribution in [0.15, 0.2) is 4.52 Å². The summed E-state index contributed by atoms with van der Waals surface area (Å²) >= 11 is 0. The van der Waals surface area contributed by atoms with E-state index in [4.69, 9.17) is 9.26 Å². The average Bonchev–Trinajstić information content (AvgIpc) is 3.13. The van der Waals surface area contributed by atoms with Crippen molar-refractivity contribution in [3.63, 3.8) is 0 Å². The first kappa shape index (κ1) is 16.3. The summed E-state index contributed by atoms with van der Waals surface area (Å²) in [4.78, 5) is 19.1. The Balaban J connectivity index is 1.56. The summed E-state index contributed by atoms with van der Waals surface area (Å²) in [6, 6.07) is 0. The normalized spacial score (nSPS) is 24.0. The number of ether oxygens (including phenoxy) is 1. The van der Waals surface area contributed by atoms with Gasteiger partial charge in [0.2, 0.25) is 0 Å². The maximum atomic E-state index is 13.1. The first-order chi connectivity index (χ1) is 12.1. The van der Waals surface area contributed by atoms with Crippen molar-refractivity contribution in [2.24, 2.45) is 0 Å². The highest BCUT2D eigenvalue weighted by Crippen LogP contribution is 2.27. The van der Waals surface area contributed by atoms with Crippen LogP contribution in [0.1, 0.15) is 65.8 Å². The summed E-state index contributed by atoms with van der Waals surface area (Å²) in [5.74, 6) is 0.936. The van der Waals surface area contributed by atoms with Crippen molar-refractivity contribution in [1.29, 1.82) is 0 Å². The molecule has 1 aliphatic heterocycles. The van der Waals surface area contributed by atoms with Crippen LogP contribution in [0.3, 0.4) is 0 Å². The number of H-pyrrole nitrogens is 1. The van der Waals surface area contributed by atoms with Gasteiger partial charge in [-0.1, -0.05) is 11.6 Å². The molecule has 8 heteroatoms. The van der Waals surface area contributed by atoms with Gasteiger partial charge in [0.15, 0.2) is 17.6 Å².